The second-order valence-electron chi connectivity index (χ2n) is 8.78. The average Bonchev–Trinajstić information content (AvgIpc) is 2.68. The standard InChI is InChI=1S/C21H27N5O3/c1-21(2,3)25-10-8-24(9-11-25)15-5-4-14-13-22-26(20(29)16(14)12-15)17-6-7-18(27)23-19(17)28/h4-5,12-13,17H,6-11H2,1-3H3,(H,23,27,28). The number of hydrogen-bond acceptors (Lipinski definition) is 6. The minimum absolute atomic E-state index is 0.150. The highest BCUT2D eigenvalue weighted by Gasteiger charge is 2.30. The highest BCUT2D eigenvalue weighted by Crippen LogP contribution is 2.24. The molecule has 0 bridgehead atoms. The summed E-state index contributed by atoms with van der Waals surface area (Å²) in [6.45, 7) is 10.4. The van der Waals surface area contributed by atoms with E-state index in [0.717, 1.165) is 37.3 Å². The van der Waals surface area contributed by atoms with Crippen LogP contribution < -0.4 is 15.8 Å². The monoisotopic (exact) mass is 397 g/mol. The molecular weight excluding hydrogens is 370 g/mol. The molecule has 29 heavy (non-hydrogen) atoms. The van der Waals surface area contributed by atoms with Crippen LogP contribution in [0.1, 0.15) is 39.7 Å². The molecule has 4 rings (SSSR count). The van der Waals surface area contributed by atoms with Gasteiger partial charge in [0.05, 0.1) is 11.6 Å². The van der Waals surface area contributed by atoms with Crippen LogP contribution in [0.4, 0.5) is 5.69 Å². The summed E-state index contributed by atoms with van der Waals surface area (Å²) in [4.78, 5) is 41.4. The number of carbonyl (C=O) groups is 2. The fourth-order valence-electron chi connectivity index (χ4n) is 4.11. The van der Waals surface area contributed by atoms with Gasteiger partial charge in [0, 0.05) is 49.2 Å². The molecule has 1 atom stereocenters. The van der Waals surface area contributed by atoms with Crippen LogP contribution in [-0.2, 0) is 9.59 Å². The molecule has 1 aromatic carbocycles. The molecule has 0 saturated carbocycles. The smallest absolute Gasteiger partial charge is 0.275 e. The molecule has 2 fully saturated rings. The van der Waals surface area contributed by atoms with Gasteiger partial charge in [-0.05, 0) is 39.3 Å². The number of rotatable bonds is 2. The lowest BCUT2D eigenvalue weighted by Gasteiger charge is -2.43. The topological polar surface area (TPSA) is 87.5 Å². The Hall–Kier alpha value is -2.74. The van der Waals surface area contributed by atoms with Crippen LogP contribution in [0, 0.1) is 0 Å². The van der Waals surface area contributed by atoms with Gasteiger partial charge in [-0.25, -0.2) is 4.68 Å². The predicted molar refractivity (Wildman–Crippen MR) is 111 cm³/mol. The first kappa shape index (κ1) is 19.6. The van der Waals surface area contributed by atoms with E-state index in [1.165, 1.54) is 4.68 Å². The van der Waals surface area contributed by atoms with Gasteiger partial charge >= 0.3 is 0 Å². The molecule has 8 nitrogen and oxygen atoms in total. The van der Waals surface area contributed by atoms with Crippen molar-refractivity contribution in [2.24, 2.45) is 0 Å². The van der Waals surface area contributed by atoms with Gasteiger partial charge in [-0.3, -0.25) is 24.6 Å². The molecule has 154 valence electrons. The third kappa shape index (κ3) is 3.76. The van der Waals surface area contributed by atoms with Gasteiger partial charge < -0.3 is 4.90 Å². The zero-order valence-electron chi connectivity index (χ0n) is 17.1. The Labute approximate surface area is 169 Å². The summed E-state index contributed by atoms with van der Waals surface area (Å²) in [5.41, 5.74) is 0.855. The molecule has 0 spiro atoms. The number of hydrogen-bond donors (Lipinski definition) is 1. The van der Waals surface area contributed by atoms with Gasteiger partial charge in [0.15, 0.2) is 0 Å². The Kier molecular flexibility index (Phi) is 4.90. The first-order valence-corrected chi connectivity index (χ1v) is 10.1. The van der Waals surface area contributed by atoms with Crippen molar-refractivity contribution < 1.29 is 9.59 Å². The van der Waals surface area contributed by atoms with E-state index < -0.39 is 11.9 Å². The Morgan fingerprint density at radius 2 is 1.79 bits per heavy atom. The van der Waals surface area contributed by atoms with Crippen LogP contribution in [0.25, 0.3) is 10.8 Å². The second-order valence-corrected chi connectivity index (χ2v) is 8.78. The maximum atomic E-state index is 13.1. The Morgan fingerprint density at radius 3 is 2.45 bits per heavy atom. The lowest BCUT2D eigenvalue weighted by Crippen LogP contribution is -2.53. The van der Waals surface area contributed by atoms with Crippen molar-refractivity contribution in [2.45, 2.75) is 45.2 Å². The highest BCUT2D eigenvalue weighted by atomic mass is 16.2. The SMILES string of the molecule is CC(C)(C)N1CCN(c2ccc3cnn(C4CCC(=O)NC4=O)c(=O)c3c2)CC1. The summed E-state index contributed by atoms with van der Waals surface area (Å²) in [5, 5.41) is 7.78. The molecule has 2 aliphatic heterocycles. The van der Waals surface area contributed by atoms with Crippen LogP contribution in [0.15, 0.2) is 29.2 Å². The maximum Gasteiger partial charge on any atom is 0.275 e. The summed E-state index contributed by atoms with van der Waals surface area (Å²) in [6, 6.07) is 5.08. The minimum atomic E-state index is -0.747. The predicted octanol–water partition coefficient (Wildman–Crippen LogP) is 1.29. The molecular formula is C21H27N5O3. The molecule has 1 aromatic heterocycles. The van der Waals surface area contributed by atoms with Crippen LogP contribution >= 0.6 is 0 Å². The normalized spacial score (nSPS) is 21.5. The van der Waals surface area contributed by atoms with Crippen LogP contribution in [0.2, 0.25) is 0 Å². The largest absolute Gasteiger partial charge is 0.369 e. The zero-order chi connectivity index (χ0) is 20.8. The van der Waals surface area contributed by atoms with E-state index in [-0.39, 0.29) is 29.8 Å². The van der Waals surface area contributed by atoms with E-state index in [4.69, 9.17) is 0 Å². The molecule has 2 amide bonds. The van der Waals surface area contributed by atoms with Crippen molar-refractivity contribution in [2.75, 3.05) is 31.1 Å². The van der Waals surface area contributed by atoms with Crippen molar-refractivity contribution in [3.63, 3.8) is 0 Å². The zero-order valence-corrected chi connectivity index (χ0v) is 17.1. The number of fused-ring (bicyclic) bond motifs is 1. The number of aromatic nitrogens is 2. The van der Waals surface area contributed by atoms with Crippen LogP contribution in [0.3, 0.4) is 0 Å². The number of nitrogens with zero attached hydrogens (tertiary/aromatic N) is 4. The van der Waals surface area contributed by atoms with E-state index in [9.17, 15) is 14.4 Å². The van der Waals surface area contributed by atoms with Crippen molar-refractivity contribution in [1.82, 2.24) is 20.0 Å². The summed E-state index contributed by atoms with van der Waals surface area (Å²) in [6.07, 6.45) is 2.11. The average molecular weight is 397 g/mol. The maximum absolute atomic E-state index is 13.1. The number of amides is 2. The van der Waals surface area contributed by atoms with Gasteiger partial charge in [0.1, 0.15) is 6.04 Å². The van der Waals surface area contributed by atoms with Crippen molar-refractivity contribution >= 4 is 28.3 Å². The minimum Gasteiger partial charge on any atom is -0.369 e. The summed E-state index contributed by atoms with van der Waals surface area (Å²) in [5.74, 6) is -0.776. The molecule has 2 aliphatic rings. The molecule has 1 N–H and O–H groups in total. The highest BCUT2D eigenvalue weighted by molar-refractivity contribution is 5.99. The number of nitrogens with one attached hydrogen (secondary N) is 1. The summed E-state index contributed by atoms with van der Waals surface area (Å²) >= 11 is 0. The molecule has 2 aromatic rings. The van der Waals surface area contributed by atoms with E-state index in [1.807, 2.05) is 18.2 Å². The third-order valence-electron chi connectivity index (χ3n) is 5.90. The van der Waals surface area contributed by atoms with Gasteiger partial charge in [-0.15, -0.1) is 0 Å². The summed E-state index contributed by atoms with van der Waals surface area (Å²) < 4.78 is 1.21. The molecule has 1 unspecified atom stereocenters. The first-order valence-electron chi connectivity index (χ1n) is 10.1. The third-order valence-corrected chi connectivity index (χ3v) is 5.90. The number of benzene rings is 1. The van der Waals surface area contributed by atoms with Gasteiger partial charge in [-0.2, -0.15) is 5.10 Å². The van der Waals surface area contributed by atoms with Crippen molar-refractivity contribution in [3.05, 3.63) is 34.7 Å². The Morgan fingerprint density at radius 1 is 1.07 bits per heavy atom. The number of anilines is 1. The molecule has 0 aliphatic carbocycles. The lowest BCUT2D eigenvalue weighted by atomic mass is 10.0. The number of imide groups is 1. The summed E-state index contributed by atoms with van der Waals surface area (Å²) in [7, 11) is 0. The van der Waals surface area contributed by atoms with Crippen molar-refractivity contribution in [1.29, 1.82) is 0 Å². The van der Waals surface area contributed by atoms with E-state index in [0.29, 0.717) is 5.39 Å². The first-order chi connectivity index (χ1) is 13.7. The van der Waals surface area contributed by atoms with E-state index >= 15 is 0 Å². The van der Waals surface area contributed by atoms with Crippen LogP contribution in [-0.4, -0.2) is 58.2 Å². The Bertz CT molecular complexity index is 1020. The molecule has 8 heteroatoms. The molecule has 2 saturated heterocycles. The number of carbonyl (C=O) groups excluding carboxylic acids is 2. The quantitative estimate of drug-likeness (QED) is 0.769. The number of piperidine rings is 1. The Balaban J connectivity index is 1.62. The van der Waals surface area contributed by atoms with Gasteiger partial charge in [-0.1, -0.05) is 6.07 Å². The molecule has 0 radical (unpaired) electrons. The molecule has 3 heterocycles. The van der Waals surface area contributed by atoms with Gasteiger partial charge in [0.2, 0.25) is 5.91 Å². The van der Waals surface area contributed by atoms with Gasteiger partial charge in [0.25, 0.3) is 11.5 Å². The van der Waals surface area contributed by atoms with Crippen molar-refractivity contribution in [3.8, 4) is 0 Å². The van der Waals surface area contributed by atoms with E-state index in [1.54, 1.807) is 6.20 Å². The lowest BCUT2D eigenvalue weighted by molar-refractivity contribution is -0.136. The number of piperazine rings is 1. The fraction of sp³-hybridized carbons (Fsp3) is 0.524. The van der Waals surface area contributed by atoms with Crippen LogP contribution in [0.5, 0.6) is 0 Å². The second kappa shape index (κ2) is 7.26. The van der Waals surface area contributed by atoms with E-state index in [2.05, 4.69) is 41.0 Å². The fourth-order valence-corrected chi connectivity index (χ4v) is 4.11.